The molecule has 0 saturated carbocycles. The number of Topliss-reactive ketones (excluding diaryl/α,β-unsaturated/α-hetero) is 1. The summed E-state index contributed by atoms with van der Waals surface area (Å²) < 4.78 is 2.48. The minimum atomic E-state index is -0.964. The minimum Gasteiger partial charge on any atom is -0.330 e. The summed E-state index contributed by atoms with van der Waals surface area (Å²) in [6.45, 7) is 0. The Morgan fingerprint density at radius 2 is 2.14 bits per heavy atom. The quantitative estimate of drug-likeness (QED) is 0.677. The SMILES string of the molecule is Cn1c([C@H](C#N)C(=O)c2cncc(Br)c2)nc2ccccc21. The Bertz CT molecular complexity index is 910. The van der Waals surface area contributed by atoms with Gasteiger partial charge in [0.15, 0.2) is 11.7 Å². The summed E-state index contributed by atoms with van der Waals surface area (Å²) in [5, 5.41) is 9.47. The van der Waals surface area contributed by atoms with Gasteiger partial charge in [-0.05, 0) is 34.1 Å². The van der Waals surface area contributed by atoms with Gasteiger partial charge in [-0.2, -0.15) is 5.26 Å². The number of aromatic nitrogens is 3. The van der Waals surface area contributed by atoms with Crippen LogP contribution in [0.4, 0.5) is 0 Å². The first-order valence-electron chi connectivity index (χ1n) is 6.57. The molecular formula is C16H11BrN4O. The number of hydrogen-bond acceptors (Lipinski definition) is 4. The van der Waals surface area contributed by atoms with Crippen molar-refractivity contribution >= 4 is 32.7 Å². The maximum atomic E-state index is 12.6. The maximum Gasteiger partial charge on any atom is 0.189 e. The van der Waals surface area contributed by atoms with Gasteiger partial charge in [0.25, 0.3) is 0 Å². The van der Waals surface area contributed by atoms with E-state index in [4.69, 9.17) is 0 Å². The van der Waals surface area contributed by atoms with E-state index in [0.717, 1.165) is 11.0 Å². The van der Waals surface area contributed by atoms with Crippen LogP contribution in [0.3, 0.4) is 0 Å². The Morgan fingerprint density at radius 1 is 1.36 bits per heavy atom. The van der Waals surface area contributed by atoms with Crippen molar-refractivity contribution < 1.29 is 4.79 Å². The average Bonchev–Trinajstić information content (AvgIpc) is 2.85. The molecule has 0 bridgehead atoms. The zero-order chi connectivity index (χ0) is 15.7. The van der Waals surface area contributed by atoms with E-state index in [2.05, 4.69) is 32.0 Å². The zero-order valence-electron chi connectivity index (χ0n) is 11.7. The number of pyridine rings is 1. The van der Waals surface area contributed by atoms with Crippen LogP contribution in [0.2, 0.25) is 0 Å². The molecule has 0 saturated heterocycles. The highest BCUT2D eigenvalue weighted by Gasteiger charge is 2.27. The predicted octanol–water partition coefficient (Wildman–Crippen LogP) is 3.22. The molecule has 22 heavy (non-hydrogen) atoms. The minimum absolute atomic E-state index is 0.310. The van der Waals surface area contributed by atoms with E-state index in [1.165, 1.54) is 6.20 Å². The Morgan fingerprint density at radius 3 is 2.82 bits per heavy atom. The number of carbonyl (C=O) groups excluding carboxylic acids is 1. The normalized spacial score (nSPS) is 12.0. The number of imidazole rings is 1. The van der Waals surface area contributed by atoms with Crippen LogP contribution in [0.1, 0.15) is 22.1 Å². The van der Waals surface area contributed by atoms with Gasteiger partial charge in [0.05, 0.1) is 17.1 Å². The van der Waals surface area contributed by atoms with Crippen molar-refractivity contribution in [1.29, 1.82) is 5.26 Å². The summed E-state index contributed by atoms with van der Waals surface area (Å²) in [5.74, 6) is -0.836. The number of carbonyl (C=O) groups is 1. The largest absolute Gasteiger partial charge is 0.330 e. The van der Waals surface area contributed by atoms with Gasteiger partial charge in [0.1, 0.15) is 5.82 Å². The number of hydrogen-bond donors (Lipinski definition) is 0. The van der Waals surface area contributed by atoms with Crippen LogP contribution in [0.5, 0.6) is 0 Å². The summed E-state index contributed by atoms with van der Waals surface area (Å²) in [6.07, 6.45) is 3.05. The Hall–Kier alpha value is -2.52. The highest BCUT2D eigenvalue weighted by Crippen LogP contribution is 2.24. The van der Waals surface area contributed by atoms with E-state index in [-0.39, 0.29) is 5.78 Å². The highest BCUT2D eigenvalue weighted by atomic mass is 79.9. The van der Waals surface area contributed by atoms with Gasteiger partial charge in [-0.1, -0.05) is 12.1 Å². The zero-order valence-corrected chi connectivity index (χ0v) is 13.3. The molecule has 1 aromatic carbocycles. The van der Waals surface area contributed by atoms with E-state index in [1.807, 2.05) is 24.3 Å². The third-order valence-corrected chi connectivity index (χ3v) is 3.89. The molecule has 108 valence electrons. The molecule has 5 nitrogen and oxygen atoms in total. The molecule has 0 fully saturated rings. The fourth-order valence-electron chi connectivity index (χ4n) is 2.37. The lowest BCUT2D eigenvalue weighted by molar-refractivity contribution is 0.0975. The van der Waals surface area contributed by atoms with Crippen LogP contribution in [-0.4, -0.2) is 20.3 Å². The van der Waals surface area contributed by atoms with E-state index >= 15 is 0 Å². The molecule has 0 N–H and O–H groups in total. The van der Waals surface area contributed by atoms with Crippen molar-refractivity contribution in [2.24, 2.45) is 7.05 Å². The highest BCUT2D eigenvalue weighted by molar-refractivity contribution is 9.10. The number of benzene rings is 1. The van der Waals surface area contributed by atoms with Crippen molar-refractivity contribution in [2.75, 3.05) is 0 Å². The van der Waals surface area contributed by atoms with E-state index in [0.29, 0.717) is 15.9 Å². The molecule has 3 aromatic rings. The fraction of sp³-hybridized carbons (Fsp3) is 0.125. The van der Waals surface area contributed by atoms with Crippen LogP contribution < -0.4 is 0 Å². The Labute approximate surface area is 135 Å². The number of nitriles is 1. The summed E-state index contributed by atoms with van der Waals surface area (Å²) in [4.78, 5) is 21.0. The molecule has 0 aliphatic heterocycles. The number of fused-ring (bicyclic) bond motifs is 1. The lowest BCUT2D eigenvalue weighted by Gasteiger charge is -2.08. The van der Waals surface area contributed by atoms with Gasteiger partial charge in [-0.3, -0.25) is 9.78 Å². The third-order valence-electron chi connectivity index (χ3n) is 3.46. The van der Waals surface area contributed by atoms with Crippen molar-refractivity contribution in [3.63, 3.8) is 0 Å². The van der Waals surface area contributed by atoms with Gasteiger partial charge in [-0.15, -0.1) is 0 Å². The third kappa shape index (κ3) is 2.40. The number of ketones is 1. The molecule has 0 spiro atoms. The molecule has 3 rings (SSSR count). The van der Waals surface area contributed by atoms with E-state index < -0.39 is 5.92 Å². The second kappa shape index (κ2) is 5.70. The number of para-hydroxylation sites is 2. The van der Waals surface area contributed by atoms with E-state index in [1.54, 1.807) is 23.9 Å². The summed E-state index contributed by atoms with van der Waals surface area (Å²) in [5.41, 5.74) is 2.03. The predicted molar refractivity (Wildman–Crippen MR) is 85.3 cm³/mol. The number of nitrogens with zero attached hydrogens (tertiary/aromatic N) is 4. The molecule has 0 amide bonds. The van der Waals surface area contributed by atoms with Crippen LogP contribution >= 0.6 is 15.9 Å². The van der Waals surface area contributed by atoms with Crippen LogP contribution in [0.25, 0.3) is 11.0 Å². The molecule has 2 heterocycles. The van der Waals surface area contributed by atoms with Crippen molar-refractivity contribution in [2.45, 2.75) is 5.92 Å². The van der Waals surface area contributed by atoms with Crippen LogP contribution in [0, 0.1) is 11.3 Å². The molecule has 6 heteroatoms. The number of aryl methyl sites for hydroxylation is 1. The molecule has 0 aliphatic carbocycles. The van der Waals surface area contributed by atoms with Gasteiger partial charge in [-0.25, -0.2) is 4.98 Å². The summed E-state index contributed by atoms with van der Waals surface area (Å²) in [7, 11) is 1.81. The van der Waals surface area contributed by atoms with Crippen LogP contribution in [0.15, 0.2) is 47.2 Å². The summed E-state index contributed by atoms with van der Waals surface area (Å²) >= 11 is 3.28. The number of rotatable bonds is 3. The first kappa shape index (κ1) is 14.4. The molecule has 0 aliphatic rings. The fourth-order valence-corrected chi connectivity index (χ4v) is 2.73. The van der Waals surface area contributed by atoms with Crippen molar-refractivity contribution in [1.82, 2.24) is 14.5 Å². The van der Waals surface area contributed by atoms with Gasteiger partial charge in [0, 0.05) is 29.5 Å². The first-order chi connectivity index (χ1) is 10.6. The monoisotopic (exact) mass is 354 g/mol. The molecule has 2 aromatic heterocycles. The average molecular weight is 355 g/mol. The smallest absolute Gasteiger partial charge is 0.189 e. The molecular weight excluding hydrogens is 344 g/mol. The summed E-state index contributed by atoms with van der Waals surface area (Å²) in [6, 6.07) is 11.3. The van der Waals surface area contributed by atoms with E-state index in [9.17, 15) is 10.1 Å². The van der Waals surface area contributed by atoms with Crippen molar-refractivity contribution in [3.8, 4) is 6.07 Å². The lowest BCUT2D eigenvalue weighted by atomic mass is 9.99. The van der Waals surface area contributed by atoms with Crippen molar-refractivity contribution in [3.05, 3.63) is 58.6 Å². The maximum absolute atomic E-state index is 12.6. The molecule has 0 radical (unpaired) electrons. The lowest BCUT2D eigenvalue weighted by Crippen LogP contribution is -2.15. The topological polar surface area (TPSA) is 71.6 Å². The second-order valence-electron chi connectivity index (χ2n) is 4.84. The van der Waals surface area contributed by atoms with Gasteiger partial charge in [0.2, 0.25) is 0 Å². The number of halogens is 1. The van der Waals surface area contributed by atoms with Gasteiger partial charge >= 0.3 is 0 Å². The van der Waals surface area contributed by atoms with Gasteiger partial charge < -0.3 is 4.57 Å². The Kier molecular flexibility index (Phi) is 3.73. The second-order valence-corrected chi connectivity index (χ2v) is 5.75. The first-order valence-corrected chi connectivity index (χ1v) is 7.37. The molecule has 0 unspecified atom stereocenters. The Balaban J connectivity index is 2.09. The van der Waals surface area contributed by atoms with Crippen LogP contribution in [-0.2, 0) is 7.05 Å². The molecule has 1 atom stereocenters. The standard InChI is InChI=1S/C16H11BrN4O/c1-21-14-5-3-2-4-13(14)20-16(21)12(7-18)15(22)10-6-11(17)9-19-8-10/h2-6,8-9,12H,1H3/t12-/m1/s1.